The average molecular weight is 305 g/mol. The molecule has 5 nitrogen and oxygen atoms in total. The summed E-state index contributed by atoms with van der Waals surface area (Å²) in [5.41, 5.74) is 2.74. The van der Waals surface area contributed by atoms with Gasteiger partial charge in [-0.1, -0.05) is 19.1 Å². The van der Waals surface area contributed by atoms with Crippen LogP contribution in [0.15, 0.2) is 47.6 Å². The van der Waals surface area contributed by atoms with Gasteiger partial charge in [-0.25, -0.2) is 13.1 Å². The fraction of sp³-hybridized carbons (Fsp3) is 0.267. The van der Waals surface area contributed by atoms with Gasteiger partial charge in [0.15, 0.2) is 0 Å². The first kappa shape index (κ1) is 15.5. The summed E-state index contributed by atoms with van der Waals surface area (Å²) in [6.45, 7) is 4.64. The molecule has 1 heterocycles. The van der Waals surface area contributed by atoms with Gasteiger partial charge in [0, 0.05) is 25.5 Å². The van der Waals surface area contributed by atoms with E-state index in [9.17, 15) is 8.42 Å². The number of nitrogens with one attached hydrogen (secondary N) is 2. The summed E-state index contributed by atoms with van der Waals surface area (Å²) in [5.74, 6) is 0. The zero-order valence-electron chi connectivity index (χ0n) is 12.1. The highest BCUT2D eigenvalue weighted by Crippen LogP contribution is 2.21. The van der Waals surface area contributed by atoms with E-state index in [0.29, 0.717) is 18.8 Å². The van der Waals surface area contributed by atoms with E-state index in [1.165, 1.54) is 0 Å². The van der Waals surface area contributed by atoms with Crippen LogP contribution in [-0.4, -0.2) is 19.9 Å². The molecule has 0 spiro atoms. The molecule has 1 aromatic carbocycles. The summed E-state index contributed by atoms with van der Waals surface area (Å²) in [5, 5.41) is 3.18. The van der Waals surface area contributed by atoms with Gasteiger partial charge >= 0.3 is 0 Å². The monoisotopic (exact) mass is 305 g/mol. The van der Waals surface area contributed by atoms with Crippen molar-refractivity contribution >= 4 is 15.7 Å². The maximum absolute atomic E-state index is 12.2. The van der Waals surface area contributed by atoms with Gasteiger partial charge < -0.3 is 5.32 Å². The summed E-state index contributed by atoms with van der Waals surface area (Å²) in [4.78, 5) is 4.35. The van der Waals surface area contributed by atoms with Crippen molar-refractivity contribution in [1.29, 1.82) is 0 Å². The molecule has 0 radical (unpaired) electrons. The first-order valence-electron chi connectivity index (χ1n) is 6.76. The molecule has 0 aliphatic rings. The fourth-order valence-corrected chi connectivity index (χ4v) is 3.21. The highest BCUT2D eigenvalue weighted by molar-refractivity contribution is 7.89. The van der Waals surface area contributed by atoms with E-state index in [2.05, 4.69) is 15.0 Å². The molecule has 6 heteroatoms. The van der Waals surface area contributed by atoms with Gasteiger partial charge in [-0.15, -0.1) is 0 Å². The lowest BCUT2D eigenvalue weighted by molar-refractivity contribution is 0.584. The number of aryl methyl sites for hydroxylation is 1. The van der Waals surface area contributed by atoms with Crippen LogP contribution in [0.25, 0.3) is 0 Å². The molecule has 112 valence electrons. The number of anilines is 1. The van der Waals surface area contributed by atoms with Crippen molar-refractivity contribution in [2.45, 2.75) is 25.3 Å². The number of para-hydroxylation sites is 1. The molecular formula is C15H19N3O2S. The number of nitrogens with zero attached hydrogens (tertiary/aromatic N) is 1. The highest BCUT2D eigenvalue weighted by Gasteiger charge is 2.16. The van der Waals surface area contributed by atoms with E-state index in [0.717, 1.165) is 11.1 Å². The Bertz CT molecular complexity index is 714. The quantitative estimate of drug-likeness (QED) is 0.859. The molecule has 0 aliphatic heterocycles. The van der Waals surface area contributed by atoms with E-state index in [1.54, 1.807) is 37.5 Å². The van der Waals surface area contributed by atoms with E-state index in [-0.39, 0.29) is 4.90 Å². The van der Waals surface area contributed by atoms with Crippen LogP contribution in [-0.2, 0) is 16.6 Å². The van der Waals surface area contributed by atoms with Crippen LogP contribution in [0.3, 0.4) is 0 Å². The molecule has 2 rings (SSSR count). The molecule has 0 amide bonds. The van der Waals surface area contributed by atoms with Crippen molar-refractivity contribution in [3.63, 3.8) is 0 Å². The van der Waals surface area contributed by atoms with Gasteiger partial charge in [-0.3, -0.25) is 4.98 Å². The third-order valence-corrected chi connectivity index (χ3v) is 4.73. The Morgan fingerprint density at radius 2 is 1.95 bits per heavy atom. The fourth-order valence-electron chi connectivity index (χ4n) is 1.99. The van der Waals surface area contributed by atoms with Crippen LogP contribution in [0, 0.1) is 6.92 Å². The van der Waals surface area contributed by atoms with Gasteiger partial charge in [0.25, 0.3) is 0 Å². The molecule has 0 saturated carbocycles. The normalized spacial score (nSPS) is 11.3. The molecule has 2 aromatic rings. The van der Waals surface area contributed by atoms with E-state index in [4.69, 9.17) is 0 Å². The Morgan fingerprint density at radius 3 is 2.67 bits per heavy atom. The third-order valence-electron chi connectivity index (χ3n) is 3.13. The van der Waals surface area contributed by atoms with E-state index < -0.39 is 10.0 Å². The minimum Gasteiger partial charge on any atom is -0.380 e. The molecular weight excluding hydrogens is 286 g/mol. The van der Waals surface area contributed by atoms with E-state index >= 15 is 0 Å². The molecule has 0 unspecified atom stereocenters. The zero-order valence-corrected chi connectivity index (χ0v) is 12.9. The topological polar surface area (TPSA) is 71.1 Å². The molecule has 1 aromatic heterocycles. The van der Waals surface area contributed by atoms with Gasteiger partial charge in [0.2, 0.25) is 10.0 Å². The van der Waals surface area contributed by atoms with Gasteiger partial charge in [-0.05, 0) is 36.2 Å². The van der Waals surface area contributed by atoms with Crippen LogP contribution >= 0.6 is 0 Å². The Hall–Kier alpha value is -1.92. The van der Waals surface area contributed by atoms with Gasteiger partial charge in [0.1, 0.15) is 4.90 Å². The minimum absolute atomic E-state index is 0.258. The first-order valence-corrected chi connectivity index (χ1v) is 8.25. The van der Waals surface area contributed by atoms with E-state index in [1.807, 2.05) is 19.1 Å². The number of pyridine rings is 1. The lowest BCUT2D eigenvalue weighted by atomic mass is 10.1. The summed E-state index contributed by atoms with van der Waals surface area (Å²) in [6, 6.07) is 8.80. The Kier molecular flexibility index (Phi) is 4.93. The van der Waals surface area contributed by atoms with Gasteiger partial charge in [0.05, 0.1) is 5.69 Å². The molecule has 0 aliphatic carbocycles. The molecule has 0 saturated heterocycles. The minimum atomic E-state index is -3.48. The lowest BCUT2D eigenvalue weighted by Crippen LogP contribution is -2.24. The molecule has 0 atom stereocenters. The summed E-state index contributed by atoms with van der Waals surface area (Å²) in [7, 11) is -3.48. The SMILES string of the molecule is CCNS(=O)(=O)c1ccccc1NCc1cnccc1C. The van der Waals surface area contributed by atoms with Crippen LogP contribution in [0.1, 0.15) is 18.1 Å². The van der Waals surface area contributed by atoms with Crippen molar-refractivity contribution in [2.24, 2.45) is 0 Å². The lowest BCUT2D eigenvalue weighted by Gasteiger charge is -2.13. The number of benzene rings is 1. The predicted octanol–water partition coefficient (Wildman–Crippen LogP) is 2.30. The molecule has 21 heavy (non-hydrogen) atoms. The number of rotatable bonds is 6. The third kappa shape index (κ3) is 3.80. The van der Waals surface area contributed by atoms with Gasteiger partial charge in [-0.2, -0.15) is 0 Å². The predicted molar refractivity (Wildman–Crippen MR) is 83.6 cm³/mol. The standard InChI is InChI=1S/C15H19N3O2S/c1-3-18-21(19,20)15-7-5-4-6-14(15)17-11-13-10-16-9-8-12(13)2/h4-10,17-18H,3,11H2,1-2H3. The van der Waals surface area contributed by atoms with Crippen molar-refractivity contribution in [2.75, 3.05) is 11.9 Å². The maximum Gasteiger partial charge on any atom is 0.242 e. The van der Waals surface area contributed by atoms with Crippen LogP contribution in [0.5, 0.6) is 0 Å². The van der Waals surface area contributed by atoms with Crippen LogP contribution in [0.4, 0.5) is 5.69 Å². The molecule has 2 N–H and O–H groups in total. The summed E-state index contributed by atoms with van der Waals surface area (Å²) >= 11 is 0. The Morgan fingerprint density at radius 1 is 1.19 bits per heavy atom. The average Bonchev–Trinajstić information content (AvgIpc) is 2.47. The molecule has 0 bridgehead atoms. The second-order valence-corrected chi connectivity index (χ2v) is 6.39. The summed E-state index contributed by atoms with van der Waals surface area (Å²) in [6.07, 6.45) is 3.52. The maximum atomic E-state index is 12.2. The second kappa shape index (κ2) is 6.69. The number of aromatic nitrogens is 1. The van der Waals surface area contributed by atoms with Crippen molar-refractivity contribution in [3.8, 4) is 0 Å². The van der Waals surface area contributed by atoms with Crippen molar-refractivity contribution in [1.82, 2.24) is 9.71 Å². The number of hydrogen-bond acceptors (Lipinski definition) is 4. The van der Waals surface area contributed by atoms with Crippen molar-refractivity contribution < 1.29 is 8.42 Å². The number of hydrogen-bond donors (Lipinski definition) is 2. The van der Waals surface area contributed by atoms with Crippen LogP contribution in [0.2, 0.25) is 0 Å². The van der Waals surface area contributed by atoms with Crippen molar-refractivity contribution in [3.05, 3.63) is 53.9 Å². The highest BCUT2D eigenvalue weighted by atomic mass is 32.2. The second-order valence-electron chi connectivity index (χ2n) is 4.65. The zero-order chi connectivity index (χ0) is 15.3. The largest absolute Gasteiger partial charge is 0.380 e. The summed E-state index contributed by atoms with van der Waals surface area (Å²) < 4.78 is 26.8. The Balaban J connectivity index is 2.24. The number of sulfonamides is 1. The van der Waals surface area contributed by atoms with Crippen LogP contribution < -0.4 is 10.0 Å². The Labute approximate surface area is 125 Å². The molecule has 0 fully saturated rings. The first-order chi connectivity index (χ1) is 10.0. The smallest absolute Gasteiger partial charge is 0.242 e.